The number of carboxylic acids is 1. The molecule has 0 spiro atoms. The lowest BCUT2D eigenvalue weighted by atomic mass is 10.2. The van der Waals surface area contributed by atoms with Gasteiger partial charge in [-0.1, -0.05) is 6.92 Å². The largest absolute Gasteiger partial charge is 0.476 e. The molecule has 0 unspecified atom stereocenters. The molecular formula is C13H10BrFN2O3. The number of benzene rings is 1. The minimum Gasteiger partial charge on any atom is -0.476 e. The summed E-state index contributed by atoms with van der Waals surface area (Å²) in [7, 11) is 0. The van der Waals surface area contributed by atoms with Gasteiger partial charge in [0.2, 0.25) is 11.1 Å². The molecule has 1 aromatic carbocycles. The van der Waals surface area contributed by atoms with Crippen LogP contribution in [0.4, 0.5) is 4.39 Å². The summed E-state index contributed by atoms with van der Waals surface area (Å²) in [6.07, 6.45) is 1.78. The van der Waals surface area contributed by atoms with E-state index < -0.39 is 22.9 Å². The Kier molecular flexibility index (Phi) is 3.99. The van der Waals surface area contributed by atoms with Crippen molar-refractivity contribution in [1.29, 1.82) is 0 Å². The topological polar surface area (TPSA) is 72.2 Å². The van der Waals surface area contributed by atoms with Crippen LogP contribution in [0.1, 0.15) is 23.0 Å². The number of rotatable bonds is 3. The lowest BCUT2D eigenvalue weighted by Gasteiger charge is -2.09. The Hall–Kier alpha value is -2.02. The molecule has 2 rings (SSSR count). The second kappa shape index (κ2) is 5.54. The van der Waals surface area contributed by atoms with E-state index in [1.807, 2.05) is 0 Å². The minimum absolute atomic E-state index is 0.288. The van der Waals surface area contributed by atoms with E-state index in [1.165, 1.54) is 23.0 Å². The smallest absolute Gasteiger partial charge is 0.360 e. The van der Waals surface area contributed by atoms with Crippen LogP contribution in [0.25, 0.3) is 5.69 Å². The van der Waals surface area contributed by atoms with E-state index in [2.05, 4.69) is 21.0 Å². The summed E-state index contributed by atoms with van der Waals surface area (Å²) in [6.45, 7) is 1.73. The highest BCUT2D eigenvalue weighted by atomic mass is 79.9. The van der Waals surface area contributed by atoms with E-state index in [-0.39, 0.29) is 4.47 Å². The van der Waals surface area contributed by atoms with Gasteiger partial charge in [0.1, 0.15) is 5.82 Å². The number of nitrogens with zero attached hydrogens (tertiary/aromatic N) is 2. The zero-order valence-electron chi connectivity index (χ0n) is 10.4. The molecule has 104 valence electrons. The molecule has 0 fully saturated rings. The highest BCUT2D eigenvalue weighted by Crippen LogP contribution is 2.18. The fourth-order valence-corrected chi connectivity index (χ4v) is 1.94. The van der Waals surface area contributed by atoms with Crippen molar-refractivity contribution < 1.29 is 14.3 Å². The molecule has 0 saturated heterocycles. The Labute approximate surface area is 121 Å². The van der Waals surface area contributed by atoms with E-state index in [1.54, 1.807) is 13.0 Å². The molecule has 0 aliphatic carbocycles. The third-order valence-electron chi connectivity index (χ3n) is 2.74. The Morgan fingerprint density at radius 2 is 2.20 bits per heavy atom. The van der Waals surface area contributed by atoms with Crippen molar-refractivity contribution in [3.05, 3.63) is 56.2 Å². The lowest BCUT2D eigenvalue weighted by Crippen LogP contribution is -2.24. The molecule has 0 atom stereocenters. The van der Waals surface area contributed by atoms with Crippen molar-refractivity contribution in [2.75, 3.05) is 0 Å². The van der Waals surface area contributed by atoms with Gasteiger partial charge in [0.05, 0.1) is 10.2 Å². The Morgan fingerprint density at radius 3 is 2.75 bits per heavy atom. The van der Waals surface area contributed by atoms with E-state index in [9.17, 15) is 14.0 Å². The molecule has 20 heavy (non-hydrogen) atoms. The van der Waals surface area contributed by atoms with Crippen LogP contribution >= 0.6 is 15.9 Å². The van der Waals surface area contributed by atoms with Crippen molar-refractivity contribution in [2.24, 2.45) is 0 Å². The van der Waals surface area contributed by atoms with Crippen LogP contribution in [0.15, 0.2) is 33.7 Å². The van der Waals surface area contributed by atoms with Crippen LogP contribution in [0.3, 0.4) is 0 Å². The van der Waals surface area contributed by atoms with E-state index in [4.69, 9.17) is 5.11 Å². The first kappa shape index (κ1) is 14.4. The summed E-state index contributed by atoms with van der Waals surface area (Å²) < 4.78 is 15.0. The molecule has 1 N–H and O–H groups in total. The molecule has 0 bridgehead atoms. The van der Waals surface area contributed by atoms with Gasteiger partial charge < -0.3 is 5.11 Å². The number of halogens is 2. The van der Waals surface area contributed by atoms with Crippen molar-refractivity contribution in [3.63, 3.8) is 0 Å². The van der Waals surface area contributed by atoms with Gasteiger partial charge in [0.25, 0.3) is 0 Å². The summed E-state index contributed by atoms with van der Waals surface area (Å²) in [5, 5.41) is 12.7. The van der Waals surface area contributed by atoms with Gasteiger partial charge in [-0.15, -0.1) is 0 Å². The second-order valence-electron chi connectivity index (χ2n) is 4.03. The van der Waals surface area contributed by atoms with Gasteiger partial charge in [-0.2, -0.15) is 5.10 Å². The minimum atomic E-state index is -1.41. The van der Waals surface area contributed by atoms with Gasteiger partial charge in [-0.05, 0) is 34.5 Å². The fourth-order valence-electron chi connectivity index (χ4n) is 1.69. The summed E-state index contributed by atoms with van der Waals surface area (Å²) >= 11 is 3.03. The first-order valence-electron chi connectivity index (χ1n) is 5.75. The number of hydrogen-bond acceptors (Lipinski definition) is 3. The second-order valence-corrected chi connectivity index (χ2v) is 4.89. The third kappa shape index (κ3) is 2.62. The number of carboxylic acid groups (broad SMARTS) is 1. The number of carbonyl (C=O) groups is 1. The van der Waals surface area contributed by atoms with Crippen LogP contribution in [-0.4, -0.2) is 20.9 Å². The van der Waals surface area contributed by atoms with Crippen LogP contribution in [-0.2, 0) is 6.42 Å². The SMILES string of the molecule is CCc1cn(-c2ccc(Br)c(F)c2)nc(C(=O)O)c1=O. The molecule has 0 saturated carbocycles. The predicted octanol–water partition coefficient (Wildman–Crippen LogP) is 2.39. The Morgan fingerprint density at radius 1 is 1.50 bits per heavy atom. The van der Waals surface area contributed by atoms with Crippen LogP contribution < -0.4 is 5.43 Å². The van der Waals surface area contributed by atoms with Gasteiger partial charge in [0.15, 0.2) is 0 Å². The van der Waals surface area contributed by atoms with Crippen LogP contribution in [0, 0.1) is 5.82 Å². The molecule has 0 aliphatic rings. The number of hydrogen-bond donors (Lipinski definition) is 1. The van der Waals surface area contributed by atoms with Crippen molar-refractivity contribution >= 4 is 21.9 Å². The normalized spacial score (nSPS) is 10.6. The summed E-state index contributed by atoms with van der Waals surface area (Å²) in [4.78, 5) is 22.8. The van der Waals surface area contributed by atoms with Crippen LogP contribution in [0.5, 0.6) is 0 Å². The zero-order chi connectivity index (χ0) is 14.9. The molecule has 7 heteroatoms. The summed E-state index contributed by atoms with van der Waals surface area (Å²) in [5.41, 5.74) is -0.551. The quantitative estimate of drug-likeness (QED) is 0.931. The van der Waals surface area contributed by atoms with Gasteiger partial charge in [-0.25, -0.2) is 13.9 Å². The lowest BCUT2D eigenvalue weighted by molar-refractivity contribution is 0.0686. The van der Waals surface area contributed by atoms with Gasteiger partial charge in [0, 0.05) is 17.8 Å². The first-order valence-corrected chi connectivity index (χ1v) is 6.55. The number of aromatic carboxylic acids is 1. The van der Waals surface area contributed by atoms with Crippen molar-refractivity contribution in [2.45, 2.75) is 13.3 Å². The maximum absolute atomic E-state index is 13.5. The van der Waals surface area contributed by atoms with E-state index in [0.717, 1.165) is 0 Å². The highest BCUT2D eigenvalue weighted by Gasteiger charge is 2.16. The van der Waals surface area contributed by atoms with Gasteiger partial charge in [-0.3, -0.25) is 4.79 Å². The molecular weight excluding hydrogens is 331 g/mol. The summed E-state index contributed by atoms with van der Waals surface area (Å²) in [6, 6.07) is 4.25. The zero-order valence-corrected chi connectivity index (χ0v) is 12.0. The monoisotopic (exact) mass is 340 g/mol. The summed E-state index contributed by atoms with van der Waals surface area (Å²) in [5.74, 6) is -1.91. The van der Waals surface area contributed by atoms with Crippen LogP contribution in [0.2, 0.25) is 0 Å². The number of aromatic nitrogens is 2. The Balaban J connectivity index is 2.68. The molecule has 1 aromatic heterocycles. The fraction of sp³-hybridized carbons (Fsp3) is 0.154. The molecule has 0 aliphatic heterocycles. The molecule has 0 amide bonds. The first-order chi connectivity index (χ1) is 9.43. The molecule has 5 nitrogen and oxygen atoms in total. The molecule has 1 heterocycles. The Bertz CT molecular complexity index is 743. The van der Waals surface area contributed by atoms with Crippen molar-refractivity contribution in [3.8, 4) is 5.69 Å². The molecule has 0 radical (unpaired) electrons. The maximum atomic E-state index is 13.5. The standard InChI is InChI=1S/C13H10BrFN2O3/c1-2-7-6-17(16-11(12(7)18)13(19)20)8-3-4-9(14)10(15)5-8/h3-6H,2H2,1H3,(H,19,20). The highest BCUT2D eigenvalue weighted by molar-refractivity contribution is 9.10. The van der Waals surface area contributed by atoms with E-state index >= 15 is 0 Å². The van der Waals surface area contributed by atoms with Gasteiger partial charge >= 0.3 is 5.97 Å². The third-order valence-corrected chi connectivity index (χ3v) is 3.39. The predicted molar refractivity (Wildman–Crippen MR) is 73.8 cm³/mol. The average molecular weight is 341 g/mol. The average Bonchev–Trinajstić information content (AvgIpc) is 2.42. The van der Waals surface area contributed by atoms with Crippen molar-refractivity contribution in [1.82, 2.24) is 9.78 Å². The van der Waals surface area contributed by atoms with E-state index in [0.29, 0.717) is 17.7 Å². The molecule has 2 aromatic rings. The maximum Gasteiger partial charge on any atom is 0.360 e. The number of aryl methyl sites for hydroxylation is 1.